The summed E-state index contributed by atoms with van der Waals surface area (Å²) in [6.45, 7) is 1.90. The first-order chi connectivity index (χ1) is 10.0. The van der Waals surface area contributed by atoms with E-state index in [1.165, 1.54) is 25.3 Å². The average molecular weight is 292 g/mol. The van der Waals surface area contributed by atoms with Crippen molar-refractivity contribution in [2.45, 2.75) is 19.4 Å². The van der Waals surface area contributed by atoms with Gasteiger partial charge in [0.1, 0.15) is 5.82 Å². The van der Waals surface area contributed by atoms with Crippen molar-refractivity contribution >= 4 is 0 Å². The summed E-state index contributed by atoms with van der Waals surface area (Å²) in [7, 11) is 1.41. The highest BCUT2D eigenvalue weighted by Crippen LogP contribution is 2.25. The van der Waals surface area contributed by atoms with Crippen molar-refractivity contribution in [2.24, 2.45) is 5.84 Å². The van der Waals surface area contributed by atoms with Crippen LogP contribution in [-0.4, -0.2) is 7.11 Å². The molecule has 0 radical (unpaired) electrons. The first-order valence-corrected chi connectivity index (χ1v) is 6.59. The normalized spacial score (nSPS) is 12.2. The summed E-state index contributed by atoms with van der Waals surface area (Å²) in [5, 5.41) is 0. The van der Waals surface area contributed by atoms with Crippen molar-refractivity contribution in [2.75, 3.05) is 7.11 Å². The van der Waals surface area contributed by atoms with E-state index in [-0.39, 0.29) is 17.6 Å². The van der Waals surface area contributed by atoms with Crippen molar-refractivity contribution in [3.05, 3.63) is 64.7 Å². The number of aryl methyl sites for hydroxylation is 1. The third kappa shape index (κ3) is 3.56. The van der Waals surface area contributed by atoms with Crippen molar-refractivity contribution in [3.8, 4) is 5.75 Å². The van der Waals surface area contributed by atoms with E-state index in [1.54, 1.807) is 18.2 Å². The van der Waals surface area contributed by atoms with Gasteiger partial charge in [-0.05, 0) is 54.3 Å². The highest BCUT2D eigenvalue weighted by molar-refractivity contribution is 5.33. The van der Waals surface area contributed by atoms with E-state index in [0.717, 1.165) is 11.1 Å². The Balaban J connectivity index is 2.27. The van der Waals surface area contributed by atoms with Crippen LogP contribution in [0.1, 0.15) is 22.7 Å². The molecule has 112 valence electrons. The number of hydrogen-bond acceptors (Lipinski definition) is 3. The van der Waals surface area contributed by atoms with Gasteiger partial charge in [0.05, 0.1) is 13.2 Å². The number of nitrogens with one attached hydrogen (secondary N) is 1. The molecule has 2 aromatic rings. The Morgan fingerprint density at radius 3 is 2.57 bits per heavy atom. The van der Waals surface area contributed by atoms with Gasteiger partial charge in [0, 0.05) is 0 Å². The molecule has 2 aromatic carbocycles. The molecule has 0 aliphatic rings. The summed E-state index contributed by atoms with van der Waals surface area (Å²) in [6.07, 6.45) is 0.464. The van der Waals surface area contributed by atoms with Gasteiger partial charge in [0.25, 0.3) is 0 Å². The molecule has 21 heavy (non-hydrogen) atoms. The van der Waals surface area contributed by atoms with Gasteiger partial charge in [0.15, 0.2) is 11.6 Å². The van der Waals surface area contributed by atoms with E-state index < -0.39 is 5.82 Å². The molecule has 3 N–H and O–H groups in total. The molecule has 0 bridgehead atoms. The minimum absolute atomic E-state index is 0.177. The number of hydrogen-bond donors (Lipinski definition) is 2. The van der Waals surface area contributed by atoms with Crippen LogP contribution < -0.4 is 16.0 Å². The van der Waals surface area contributed by atoms with Crippen LogP contribution in [0.15, 0.2) is 36.4 Å². The first-order valence-electron chi connectivity index (χ1n) is 6.59. The SMILES string of the molecule is COc1ccc(C(Cc2cc(F)ccc2C)NN)cc1F. The van der Waals surface area contributed by atoms with Gasteiger partial charge in [-0.3, -0.25) is 11.3 Å². The van der Waals surface area contributed by atoms with Crippen molar-refractivity contribution in [1.29, 1.82) is 0 Å². The van der Waals surface area contributed by atoms with Crippen LogP contribution in [0.5, 0.6) is 5.75 Å². The Kier molecular flexibility index (Phi) is 4.88. The molecule has 3 nitrogen and oxygen atoms in total. The lowest BCUT2D eigenvalue weighted by molar-refractivity contribution is 0.385. The quantitative estimate of drug-likeness (QED) is 0.658. The summed E-state index contributed by atoms with van der Waals surface area (Å²) < 4.78 is 32.0. The average Bonchev–Trinajstić information content (AvgIpc) is 2.48. The summed E-state index contributed by atoms with van der Waals surface area (Å²) >= 11 is 0. The van der Waals surface area contributed by atoms with Gasteiger partial charge in [0.2, 0.25) is 0 Å². The van der Waals surface area contributed by atoms with Crippen molar-refractivity contribution in [3.63, 3.8) is 0 Å². The number of hydrazine groups is 1. The molecule has 1 atom stereocenters. The number of halogens is 2. The largest absolute Gasteiger partial charge is 0.494 e. The van der Waals surface area contributed by atoms with Crippen LogP contribution in [0.2, 0.25) is 0 Å². The van der Waals surface area contributed by atoms with E-state index >= 15 is 0 Å². The monoisotopic (exact) mass is 292 g/mol. The van der Waals surface area contributed by atoms with Crippen LogP contribution in [0.25, 0.3) is 0 Å². The summed E-state index contributed by atoms with van der Waals surface area (Å²) in [6, 6.07) is 8.95. The molecule has 0 aliphatic carbocycles. The molecule has 0 aliphatic heterocycles. The predicted molar refractivity (Wildman–Crippen MR) is 77.9 cm³/mol. The molecule has 0 saturated heterocycles. The molecular formula is C16H18F2N2O. The van der Waals surface area contributed by atoms with Gasteiger partial charge in [-0.25, -0.2) is 8.78 Å². The van der Waals surface area contributed by atoms with E-state index in [2.05, 4.69) is 5.43 Å². The molecule has 0 spiro atoms. The summed E-state index contributed by atoms with van der Waals surface area (Å²) in [5.41, 5.74) is 5.12. The first kappa shape index (κ1) is 15.4. The zero-order valence-corrected chi connectivity index (χ0v) is 12.0. The van der Waals surface area contributed by atoms with E-state index in [9.17, 15) is 8.78 Å². The summed E-state index contributed by atoms with van der Waals surface area (Å²) in [5.74, 6) is 4.99. The topological polar surface area (TPSA) is 47.3 Å². The van der Waals surface area contributed by atoms with Crippen LogP contribution in [-0.2, 0) is 6.42 Å². The molecule has 0 amide bonds. The van der Waals surface area contributed by atoms with E-state index in [4.69, 9.17) is 10.6 Å². The standard InChI is InChI=1S/C16H18F2N2O/c1-10-3-5-13(17)7-12(10)9-15(20-19)11-4-6-16(21-2)14(18)8-11/h3-8,15,20H,9,19H2,1-2H3. The highest BCUT2D eigenvalue weighted by Gasteiger charge is 2.15. The number of nitrogens with two attached hydrogens (primary N) is 1. The molecule has 0 fully saturated rings. The van der Waals surface area contributed by atoms with E-state index in [1.807, 2.05) is 6.92 Å². The summed E-state index contributed by atoms with van der Waals surface area (Å²) in [4.78, 5) is 0. The molecule has 0 saturated carbocycles. The fraction of sp³-hybridized carbons (Fsp3) is 0.250. The lowest BCUT2D eigenvalue weighted by Gasteiger charge is -2.18. The lowest BCUT2D eigenvalue weighted by Crippen LogP contribution is -2.29. The zero-order chi connectivity index (χ0) is 15.4. The number of benzene rings is 2. The second-order valence-electron chi connectivity index (χ2n) is 4.89. The third-order valence-corrected chi connectivity index (χ3v) is 3.51. The fourth-order valence-electron chi connectivity index (χ4n) is 2.25. The Bertz CT molecular complexity index is 632. The Morgan fingerprint density at radius 2 is 1.95 bits per heavy atom. The highest BCUT2D eigenvalue weighted by atomic mass is 19.1. The second kappa shape index (κ2) is 6.65. The predicted octanol–water partition coefficient (Wildman–Crippen LogP) is 3.03. The molecule has 0 heterocycles. The van der Waals surface area contributed by atoms with Gasteiger partial charge >= 0.3 is 0 Å². The molecule has 5 heteroatoms. The zero-order valence-electron chi connectivity index (χ0n) is 12.0. The van der Waals surface area contributed by atoms with Gasteiger partial charge < -0.3 is 4.74 Å². The lowest BCUT2D eigenvalue weighted by atomic mass is 9.96. The minimum atomic E-state index is -0.453. The second-order valence-corrected chi connectivity index (χ2v) is 4.89. The minimum Gasteiger partial charge on any atom is -0.494 e. The molecule has 2 rings (SSSR count). The maximum Gasteiger partial charge on any atom is 0.165 e. The van der Waals surface area contributed by atoms with Gasteiger partial charge in [-0.15, -0.1) is 0 Å². The third-order valence-electron chi connectivity index (χ3n) is 3.51. The molecular weight excluding hydrogens is 274 g/mol. The number of methoxy groups -OCH3 is 1. The van der Waals surface area contributed by atoms with Crippen molar-refractivity contribution < 1.29 is 13.5 Å². The van der Waals surface area contributed by atoms with Crippen molar-refractivity contribution in [1.82, 2.24) is 5.43 Å². The van der Waals surface area contributed by atoms with Crippen LogP contribution in [0.3, 0.4) is 0 Å². The number of ether oxygens (including phenoxy) is 1. The maximum absolute atomic E-state index is 13.8. The fourth-order valence-corrected chi connectivity index (χ4v) is 2.25. The number of rotatable bonds is 5. The van der Waals surface area contributed by atoms with E-state index in [0.29, 0.717) is 12.0 Å². The smallest absolute Gasteiger partial charge is 0.165 e. The molecule has 1 unspecified atom stereocenters. The van der Waals surface area contributed by atoms with Crippen LogP contribution >= 0.6 is 0 Å². The van der Waals surface area contributed by atoms with Gasteiger partial charge in [-0.2, -0.15) is 0 Å². The Morgan fingerprint density at radius 1 is 1.19 bits per heavy atom. The Hall–Kier alpha value is -1.98. The van der Waals surface area contributed by atoms with Crippen LogP contribution in [0, 0.1) is 18.6 Å². The van der Waals surface area contributed by atoms with Gasteiger partial charge in [-0.1, -0.05) is 12.1 Å². The maximum atomic E-state index is 13.8. The Labute approximate surface area is 122 Å². The molecule has 0 aromatic heterocycles. The van der Waals surface area contributed by atoms with Crippen LogP contribution in [0.4, 0.5) is 8.78 Å².